The number of pyridine rings is 1. The van der Waals surface area contributed by atoms with Crippen LogP contribution in [0.3, 0.4) is 0 Å². The first-order chi connectivity index (χ1) is 18.0. The standard InChI is InChI=1S/C27H31N7O3/c1-3-5-9-22-16-34(24-17(4-2)14-23(24)26(35)36)27(37)33(22)15-21-13-19(10-11-28-21)18-7-6-8-20(12-18)25-29-31-32-30-25/h6-8,10-13,16-17,23-24H,3-5,9,14-15H2,1-2H3,(H,35,36)(H,29,30,31,32). The minimum Gasteiger partial charge on any atom is -0.481 e. The van der Waals surface area contributed by atoms with E-state index in [0.717, 1.165) is 53.8 Å². The van der Waals surface area contributed by atoms with Gasteiger partial charge in [-0.1, -0.05) is 44.9 Å². The maximum atomic E-state index is 13.6. The second-order valence-electron chi connectivity index (χ2n) is 9.71. The molecule has 3 heterocycles. The Morgan fingerprint density at radius 1 is 1.16 bits per heavy atom. The van der Waals surface area contributed by atoms with Crippen LogP contribution >= 0.6 is 0 Å². The molecule has 0 saturated heterocycles. The van der Waals surface area contributed by atoms with E-state index in [0.29, 0.717) is 18.8 Å². The Hall–Kier alpha value is -4.08. The highest BCUT2D eigenvalue weighted by Gasteiger charge is 2.46. The summed E-state index contributed by atoms with van der Waals surface area (Å²) in [6.45, 7) is 4.50. The Kier molecular flexibility index (Phi) is 6.98. The maximum Gasteiger partial charge on any atom is 0.328 e. The van der Waals surface area contributed by atoms with Crippen LogP contribution in [0.1, 0.15) is 57.0 Å². The van der Waals surface area contributed by atoms with E-state index in [1.807, 2.05) is 42.6 Å². The summed E-state index contributed by atoms with van der Waals surface area (Å²) in [5.74, 6) is -0.569. The maximum absolute atomic E-state index is 13.6. The van der Waals surface area contributed by atoms with Gasteiger partial charge in [-0.25, -0.2) is 9.89 Å². The van der Waals surface area contributed by atoms with E-state index in [2.05, 4.69) is 39.5 Å². The van der Waals surface area contributed by atoms with Crippen LogP contribution in [-0.2, 0) is 17.8 Å². The molecule has 0 spiro atoms. The van der Waals surface area contributed by atoms with Gasteiger partial charge in [0.25, 0.3) is 0 Å². The van der Waals surface area contributed by atoms with Gasteiger partial charge in [0.2, 0.25) is 0 Å². The predicted octanol–water partition coefficient (Wildman–Crippen LogP) is 3.95. The molecule has 37 heavy (non-hydrogen) atoms. The number of imidazole rings is 1. The average Bonchev–Trinajstić information content (AvgIpc) is 3.52. The molecule has 5 rings (SSSR count). The van der Waals surface area contributed by atoms with E-state index in [-0.39, 0.29) is 17.6 Å². The molecule has 10 nitrogen and oxygen atoms in total. The fourth-order valence-electron chi connectivity index (χ4n) is 5.34. The summed E-state index contributed by atoms with van der Waals surface area (Å²) >= 11 is 0. The fraction of sp³-hybridized carbons (Fsp3) is 0.407. The number of carbonyl (C=O) groups is 1. The van der Waals surface area contributed by atoms with Crippen LogP contribution in [0.4, 0.5) is 0 Å². The Morgan fingerprint density at radius 2 is 1.97 bits per heavy atom. The lowest BCUT2D eigenvalue weighted by atomic mass is 9.68. The Balaban J connectivity index is 1.47. The van der Waals surface area contributed by atoms with Crippen molar-refractivity contribution in [1.82, 2.24) is 34.7 Å². The molecule has 0 amide bonds. The molecular weight excluding hydrogens is 470 g/mol. The van der Waals surface area contributed by atoms with Crippen LogP contribution in [0.15, 0.2) is 53.6 Å². The number of aromatic amines is 1. The van der Waals surface area contributed by atoms with E-state index >= 15 is 0 Å². The minimum atomic E-state index is -0.831. The lowest BCUT2D eigenvalue weighted by Crippen LogP contribution is -2.46. The summed E-state index contributed by atoms with van der Waals surface area (Å²) in [6, 6.07) is 11.5. The van der Waals surface area contributed by atoms with Gasteiger partial charge in [0, 0.05) is 23.7 Å². The van der Waals surface area contributed by atoms with Gasteiger partial charge in [0.05, 0.1) is 24.2 Å². The molecule has 0 radical (unpaired) electrons. The van der Waals surface area contributed by atoms with Gasteiger partial charge >= 0.3 is 11.7 Å². The number of aryl methyl sites for hydroxylation is 1. The van der Waals surface area contributed by atoms with Gasteiger partial charge < -0.3 is 5.11 Å². The van der Waals surface area contributed by atoms with Crippen LogP contribution in [0.5, 0.6) is 0 Å². The van der Waals surface area contributed by atoms with Crippen LogP contribution < -0.4 is 5.69 Å². The fourth-order valence-corrected chi connectivity index (χ4v) is 5.34. The van der Waals surface area contributed by atoms with Gasteiger partial charge in [0.15, 0.2) is 5.82 Å². The average molecular weight is 502 g/mol. The first kappa shape index (κ1) is 24.6. The summed E-state index contributed by atoms with van der Waals surface area (Å²) in [5, 5.41) is 23.8. The molecule has 0 bridgehead atoms. The lowest BCUT2D eigenvalue weighted by molar-refractivity contribution is -0.150. The number of carboxylic acids is 1. The topological polar surface area (TPSA) is 132 Å². The number of aromatic nitrogens is 7. The van der Waals surface area contributed by atoms with Crippen molar-refractivity contribution in [3.63, 3.8) is 0 Å². The van der Waals surface area contributed by atoms with E-state index in [4.69, 9.17) is 0 Å². The van der Waals surface area contributed by atoms with Crippen molar-refractivity contribution in [2.45, 2.75) is 58.5 Å². The normalized spacial score (nSPS) is 19.0. The number of carboxylic acid groups (broad SMARTS) is 1. The van der Waals surface area contributed by atoms with E-state index in [1.54, 1.807) is 15.3 Å². The van der Waals surface area contributed by atoms with Crippen molar-refractivity contribution < 1.29 is 9.90 Å². The van der Waals surface area contributed by atoms with Crippen molar-refractivity contribution >= 4 is 5.97 Å². The number of aliphatic carboxylic acids is 1. The van der Waals surface area contributed by atoms with Crippen molar-refractivity contribution in [3.05, 3.63) is 70.7 Å². The smallest absolute Gasteiger partial charge is 0.328 e. The molecule has 1 aliphatic carbocycles. The van der Waals surface area contributed by atoms with Crippen LogP contribution in [0, 0.1) is 11.8 Å². The highest BCUT2D eigenvalue weighted by atomic mass is 16.4. The number of hydrogen-bond donors (Lipinski definition) is 2. The quantitative estimate of drug-likeness (QED) is 0.336. The van der Waals surface area contributed by atoms with Crippen molar-refractivity contribution in [3.8, 4) is 22.5 Å². The molecular formula is C27H31N7O3. The molecule has 0 aliphatic heterocycles. The molecule has 2 N–H and O–H groups in total. The molecule has 4 aromatic rings. The van der Waals surface area contributed by atoms with Crippen molar-refractivity contribution in [2.75, 3.05) is 0 Å². The number of nitrogens with one attached hydrogen (secondary N) is 1. The molecule has 1 aromatic carbocycles. The molecule has 1 saturated carbocycles. The molecule has 10 heteroatoms. The summed E-state index contributed by atoms with van der Waals surface area (Å²) in [7, 11) is 0. The second kappa shape index (κ2) is 10.5. The number of rotatable bonds is 10. The number of benzene rings is 1. The third-order valence-electron chi connectivity index (χ3n) is 7.44. The van der Waals surface area contributed by atoms with E-state index in [9.17, 15) is 14.7 Å². The van der Waals surface area contributed by atoms with Crippen molar-refractivity contribution in [1.29, 1.82) is 0 Å². The summed E-state index contributed by atoms with van der Waals surface area (Å²) < 4.78 is 3.45. The molecule has 192 valence electrons. The van der Waals surface area contributed by atoms with Gasteiger partial charge in [0.1, 0.15) is 0 Å². The Bertz CT molecular complexity index is 1440. The zero-order valence-electron chi connectivity index (χ0n) is 21.0. The van der Waals surface area contributed by atoms with E-state index in [1.165, 1.54) is 0 Å². The lowest BCUT2D eigenvalue weighted by Gasteiger charge is -2.42. The Labute approximate surface area is 214 Å². The SMILES string of the molecule is CCCCc1cn(C2C(CC)CC2C(=O)O)c(=O)n1Cc1cc(-c2cccc(-c3nnn[nH]3)c2)ccn1. The van der Waals surface area contributed by atoms with Gasteiger partial charge in [-0.05, 0) is 64.9 Å². The van der Waals surface area contributed by atoms with Crippen LogP contribution in [0.25, 0.3) is 22.5 Å². The van der Waals surface area contributed by atoms with Gasteiger partial charge in [-0.2, -0.15) is 0 Å². The highest BCUT2D eigenvalue weighted by molar-refractivity contribution is 5.72. The van der Waals surface area contributed by atoms with E-state index < -0.39 is 11.9 Å². The molecule has 3 unspecified atom stereocenters. The van der Waals surface area contributed by atoms with Crippen LogP contribution in [-0.4, -0.2) is 45.8 Å². The van der Waals surface area contributed by atoms with Crippen LogP contribution in [0.2, 0.25) is 0 Å². The van der Waals surface area contributed by atoms with Crippen molar-refractivity contribution in [2.24, 2.45) is 11.8 Å². The third kappa shape index (κ3) is 4.83. The predicted molar refractivity (Wildman–Crippen MR) is 138 cm³/mol. The number of unbranched alkanes of at least 4 members (excludes halogenated alkanes) is 1. The molecule has 3 aromatic heterocycles. The number of hydrogen-bond acceptors (Lipinski definition) is 6. The zero-order chi connectivity index (χ0) is 25.9. The van der Waals surface area contributed by atoms with Gasteiger partial charge in [-0.3, -0.25) is 18.9 Å². The summed E-state index contributed by atoms with van der Waals surface area (Å²) in [6.07, 6.45) is 7.81. The Morgan fingerprint density at radius 3 is 2.70 bits per heavy atom. The molecule has 3 atom stereocenters. The van der Waals surface area contributed by atoms with Gasteiger partial charge in [-0.15, -0.1) is 5.10 Å². The zero-order valence-corrected chi connectivity index (χ0v) is 21.0. The summed E-state index contributed by atoms with van der Waals surface area (Å²) in [4.78, 5) is 30.0. The monoisotopic (exact) mass is 501 g/mol. The number of tetrazole rings is 1. The summed E-state index contributed by atoms with van der Waals surface area (Å²) in [5.41, 5.74) is 4.35. The molecule has 1 fully saturated rings. The largest absolute Gasteiger partial charge is 0.481 e. The highest BCUT2D eigenvalue weighted by Crippen LogP contribution is 2.45. The number of nitrogens with zero attached hydrogens (tertiary/aromatic N) is 6. The third-order valence-corrected chi connectivity index (χ3v) is 7.44. The first-order valence-corrected chi connectivity index (χ1v) is 12.8. The first-order valence-electron chi connectivity index (χ1n) is 12.8. The minimum absolute atomic E-state index is 0.160. The molecule has 1 aliphatic rings. The second-order valence-corrected chi connectivity index (χ2v) is 9.71. The number of H-pyrrole nitrogens is 1.